The fourth-order valence-electron chi connectivity index (χ4n) is 4.59. The third-order valence-electron chi connectivity index (χ3n) is 6.67. The predicted octanol–water partition coefficient (Wildman–Crippen LogP) is 5.06. The molecule has 216 valence electrons. The van der Waals surface area contributed by atoms with Gasteiger partial charge < -0.3 is 19.2 Å². The van der Waals surface area contributed by atoms with Crippen molar-refractivity contribution >= 4 is 24.0 Å². The minimum absolute atomic E-state index is 0.178. The molecule has 3 aromatic rings. The van der Waals surface area contributed by atoms with Gasteiger partial charge in [0, 0.05) is 5.56 Å². The van der Waals surface area contributed by atoms with Crippen LogP contribution in [-0.2, 0) is 27.2 Å². The first-order chi connectivity index (χ1) is 19.7. The van der Waals surface area contributed by atoms with Crippen molar-refractivity contribution in [1.82, 2.24) is 10.7 Å². The Bertz CT molecular complexity index is 1410. The maximum atomic E-state index is 12.8. The number of esters is 1. The van der Waals surface area contributed by atoms with Crippen molar-refractivity contribution in [2.45, 2.75) is 65.5 Å². The van der Waals surface area contributed by atoms with Crippen LogP contribution in [0.2, 0.25) is 0 Å². The van der Waals surface area contributed by atoms with Crippen LogP contribution in [0.5, 0.6) is 5.75 Å². The van der Waals surface area contributed by atoms with Gasteiger partial charge in [-0.15, -0.1) is 0 Å². The van der Waals surface area contributed by atoms with Gasteiger partial charge in [-0.25, -0.2) is 10.2 Å². The Balaban J connectivity index is 1.30. The predicted molar refractivity (Wildman–Crippen MR) is 156 cm³/mol. The number of nitrogens with one attached hydrogen (secondary N) is 2. The number of hydrogen-bond acceptors (Lipinski definition) is 7. The zero-order valence-corrected chi connectivity index (χ0v) is 23.9. The first-order valence-corrected chi connectivity index (χ1v) is 14.0. The molecule has 0 radical (unpaired) electrons. The molecule has 41 heavy (non-hydrogen) atoms. The minimum Gasteiger partial charge on any atom is -0.484 e. The zero-order chi connectivity index (χ0) is 29.4. The number of carbonyl (C=O) groups is 3. The van der Waals surface area contributed by atoms with Crippen LogP contribution in [0.3, 0.4) is 0 Å². The topological polar surface area (TPSA) is 119 Å². The van der Waals surface area contributed by atoms with Crippen molar-refractivity contribution in [2.24, 2.45) is 11.0 Å². The lowest BCUT2D eigenvalue weighted by molar-refractivity contribution is -0.131. The van der Waals surface area contributed by atoms with Crippen LogP contribution in [0.25, 0.3) is 11.3 Å². The molecule has 0 aliphatic heterocycles. The van der Waals surface area contributed by atoms with Crippen molar-refractivity contribution in [3.05, 3.63) is 77.0 Å². The lowest BCUT2D eigenvalue weighted by Crippen LogP contribution is -2.49. The summed E-state index contributed by atoms with van der Waals surface area (Å²) in [4.78, 5) is 37.6. The zero-order valence-electron chi connectivity index (χ0n) is 23.9. The van der Waals surface area contributed by atoms with Crippen molar-refractivity contribution in [1.29, 1.82) is 0 Å². The highest BCUT2D eigenvalue weighted by molar-refractivity contribution is 5.91. The first-order valence-electron chi connectivity index (χ1n) is 14.0. The van der Waals surface area contributed by atoms with Gasteiger partial charge in [-0.05, 0) is 93.0 Å². The van der Waals surface area contributed by atoms with Crippen LogP contribution >= 0.6 is 0 Å². The summed E-state index contributed by atoms with van der Waals surface area (Å²) in [6.45, 7) is 7.07. The highest BCUT2D eigenvalue weighted by Gasteiger charge is 2.24. The van der Waals surface area contributed by atoms with Crippen LogP contribution in [0.15, 0.2) is 64.1 Å². The number of carbonyl (C=O) groups excluding carboxylic acids is 3. The average Bonchev–Trinajstić information content (AvgIpc) is 3.43. The van der Waals surface area contributed by atoms with Gasteiger partial charge >= 0.3 is 5.97 Å². The molecule has 2 amide bonds. The molecule has 1 aliphatic carbocycles. The van der Waals surface area contributed by atoms with E-state index in [0.29, 0.717) is 28.4 Å². The second kappa shape index (κ2) is 13.8. The van der Waals surface area contributed by atoms with Crippen LogP contribution in [0.4, 0.5) is 0 Å². The number of aryl methyl sites for hydroxylation is 2. The Labute approximate surface area is 240 Å². The molecule has 1 atom stereocenters. The summed E-state index contributed by atoms with van der Waals surface area (Å²) < 4.78 is 16.8. The summed E-state index contributed by atoms with van der Waals surface area (Å²) >= 11 is 0. The van der Waals surface area contributed by atoms with Crippen molar-refractivity contribution in [3.63, 3.8) is 0 Å². The van der Waals surface area contributed by atoms with Crippen molar-refractivity contribution < 1.29 is 28.3 Å². The van der Waals surface area contributed by atoms with Gasteiger partial charge in [0.2, 0.25) is 0 Å². The third-order valence-corrected chi connectivity index (χ3v) is 6.67. The van der Waals surface area contributed by atoms with E-state index < -0.39 is 23.8 Å². The van der Waals surface area contributed by atoms with Gasteiger partial charge in [-0.2, -0.15) is 5.10 Å². The molecule has 0 unspecified atom stereocenters. The summed E-state index contributed by atoms with van der Waals surface area (Å²) in [5.74, 6) is 0.146. The van der Waals surface area contributed by atoms with Crippen LogP contribution in [-0.4, -0.2) is 42.8 Å². The Morgan fingerprint density at radius 3 is 2.51 bits per heavy atom. The average molecular weight is 560 g/mol. The van der Waals surface area contributed by atoms with E-state index >= 15 is 0 Å². The molecule has 1 aliphatic rings. The fraction of sp³-hybridized carbons (Fsp3) is 0.375. The summed E-state index contributed by atoms with van der Waals surface area (Å²) in [6, 6.07) is 15.5. The lowest BCUT2D eigenvalue weighted by atomic mass is 9.92. The maximum absolute atomic E-state index is 12.8. The normalized spacial score (nSPS) is 13.6. The number of nitrogens with zero attached hydrogens (tertiary/aromatic N) is 1. The molecule has 9 nitrogen and oxygen atoms in total. The lowest BCUT2D eigenvalue weighted by Gasteiger charge is -2.21. The second-order valence-corrected chi connectivity index (χ2v) is 10.7. The van der Waals surface area contributed by atoms with Gasteiger partial charge in [-0.3, -0.25) is 9.59 Å². The molecule has 2 aromatic carbocycles. The molecule has 2 N–H and O–H groups in total. The van der Waals surface area contributed by atoms with E-state index in [4.69, 9.17) is 13.9 Å². The molecule has 0 fully saturated rings. The van der Waals surface area contributed by atoms with Gasteiger partial charge in [0.25, 0.3) is 11.8 Å². The monoisotopic (exact) mass is 559 g/mol. The molecule has 9 heteroatoms. The van der Waals surface area contributed by atoms with E-state index in [1.807, 2.05) is 32.0 Å². The number of amides is 2. The van der Waals surface area contributed by atoms with E-state index in [2.05, 4.69) is 21.9 Å². The van der Waals surface area contributed by atoms with Crippen LogP contribution in [0, 0.1) is 5.92 Å². The number of rotatable bonds is 11. The van der Waals surface area contributed by atoms with Gasteiger partial charge in [0.1, 0.15) is 23.3 Å². The van der Waals surface area contributed by atoms with Gasteiger partial charge in [-0.1, -0.05) is 32.0 Å². The van der Waals surface area contributed by atoms with E-state index in [1.54, 1.807) is 44.2 Å². The number of benzene rings is 2. The van der Waals surface area contributed by atoms with E-state index in [9.17, 15) is 14.4 Å². The highest BCUT2D eigenvalue weighted by Crippen LogP contribution is 2.25. The molecule has 0 saturated carbocycles. The second-order valence-electron chi connectivity index (χ2n) is 10.7. The Kier molecular flexibility index (Phi) is 9.95. The maximum Gasteiger partial charge on any atom is 0.338 e. The Morgan fingerprint density at radius 1 is 0.976 bits per heavy atom. The summed E-state index contributed by atoms with van der Waals surface area (Å²) in [7, 11) is 0. The SMILES string of the molecule is CC(C)OC(=O)c1cccc(-c2ccc(/C=N\NC(=O)[C@H](NC(=O)COc3ccc4c(c3)CCCC4)C(C)C)o2)c1. The Hall–Kier alpha value is -4.40. The number of ether oxygens (including phenoxy) is 2. The number of hydrogen-bond donors (Lipinski definition) is 2. The van der Waals surface area contributed by atoms with Crippen molar-refractivity contribution in [3.8, 4) is 17.1 Å². The molecule has 1 aromatic heterocycles. The molecule has 1 heterocycles. The first kappa shape index (κ1) is 29.6. The smallest absolute Gasteiger partial charge is 0.338 e. The van der Waals surface area contributed by atoms with Gasteiger partial charge in [0.05, 0.1) is 17.9 Å². The number of hydrazone groups is 1. The van der Waals surface area contributed by atoms with Crippen LogP contribution < -0.4 is 15.5 Å². The molecule has 4 rings (SSSR count). The van der Waals surface area contributed by atoms with E-state index in [1.165, 1.54) is 23.8 Å². The summed E-state index contributed by atoms with van der Waals surface area (Å²) in [5, 5.41) is 6.74. The third kappa shape index (κ3) is 8.30. The van der Waals surface area contributed by atoms with Crippen LogP contribution in [0.1, 0.15) is 67.8 Å². The fourth-order valence-corrected chi connectivity index (χ4v) is 4.59. The number of fused-ring (bicyclic) bond motifs is 1. The van der Waals surface area contributed by atoms with Gasteiger partial charge in [0.15, 0.2) is 6.61 Å². The van der Waals surface area contributed by atoms with E-state index in [-0.39, 0.29) is 18.6 Å². The number of furan rings is 1. The highest BCUT2D eigenvalue weighted by atomic mass is 16.5. The molecule has 0 bridgehead atoms. The molecular weight excluding hydrogens is 522 g/mol. The Morgan fingerprint density at radius 2 is 1.76 bits per heavy atom. The molecular formula is C32H37N3O6. The minimum atomic E-state index is -0.799. The standard InChI is InChI=1S/C32H37N3O6/c1-20(2)30(34-29(36)19-39-26-13-12-22-8-5-6-9-23(22)17-26)31(37)35-33-18-27-14-15-28(41-27)24-10-7-11-25(16-24)32(38)40-21(3)4/h7,10-18,20-21,30H,5-6,8-9,19H2,1-4H3,(H,34,36)(H,35,37)/b33-18-/t30-/m1/s1. The summed E-state index contributed by atoms with van der Waals surface area (Å²) in [5.41, 5.74) is 6.21. The summed E-state index contributed by atoms with van der Waals surface area (Å²) in [6.07, 6.45) is 5.62. The van der Waals surface area contributed by atoms with E-state index in [0.717, 1.165) is 19.3 Å². The van der Waals surface area contributed by atoms with Crippen molar-refractivity contribution in [2.75, 3.05) is 6.61 Å². The largest absolute Gasteiger partial charge is 0.484 e. The molecule has 0 saturated heterocycles. The quantitative estimate of drug-likeness (QED) is 0.193. The molecule has 0 spiro atoms.